The van der Waals surface area contributed by atoms with Gasteiger partial charge in [0.1, 0.15) is 0 Å². The van der Waals surface area contributed by atoms with Crippen LogP contribution >= 0.6 is 0 Å². The van der Waals surface area contributed by atoms with Gasteiger partial charge in [0.2, 0.25) is 0 Å². The number of aliphatic hydroxyl groups is 3. The van der Waals surface area contributed by atoms with Crippen molar-refractivity contribution >= 4 is 0 Å². The monoisotopic (exact) mass is 349 g/mol. The predicted molar refractivity (Wildman–Crippen MR) is 81.9 cm³/mol. The summed E-state index contributed by atoms with van der Waals surface area (Å²) in [6.45, 7) is 14.8. The molecule has 0 saturated heterocycles. The minimum atomic E-state index is -0.167. The average Bonchev–Trinajstić information content (AvgIpc) is 2.11. The third-order valence-electron chi connectivity index (χ3n) is 0.957. The molecule has 0 radical (unpaired) electrons. The number of unbranched alkanes of at least 4 members (excludes halogenated alkanes) is 3. The van der Waals surface area contributed by atoms with E-state index in [1.165, 1.54) is 25.7 Å². The second-order valence-electron chi connectivity index (χ2n) is 4.99. The first-order valence-corrected chi connectivity index (χ1v) is 7.15. The van der Waals surface area contributed by atoms with Crippen molar-refractivity contribution in [1.82, 2.24) is 0 Å². The molecule has 0 aromatic rings. The minimum absolute atomic E-state index is 0. The van der Waals surface area contributed by atoms with Crippen molar-refractivity contribution in [2.75, 3.05) is 0 Å². The van der Waals surface area contributed by atoms with Gasteiger partial charge in [0, 0.05) is 40.0 Å². The van der Waals surface area contributed by atoms with Crippen molar-refractivity contribution in [3.63, 3.8) is 0 Å². The number of rotatable bonds is 3. The molecule has 0 heterocycles. The predicted octanol–water partition coefficient (Wildman–Crippen LogP) is 0.749. The molecule has 3 N–H and O–H groups in total. The van der Waals surface area contributed by atoms with Gasteiger partial charge in [0.05, 0.1) is 0 Å². The van der Waals surface area contributed by atoms with Crippen molar-refractivity contribution < 1.29 is 49.4 Å². The van der Waals surface area contributed by atoms with E-state index >= 15 is 0 Å². The van der Waals surface area contributed by atoms with Crippen LogP contribution in [0.1, 0.15) is 81.1 Å². The molecule has 0 aromatic heterocycles. The number of aliphatic hydroxyl groups excluding tert-OH is 3. The van der Waals surface area contributed by atoms with E-state index < -0.39 is 0 Å². The molecule has 0 amide bonds. The van der Waals surface area contributed by atoms with E-state index in [1.807, 2.05) is 0 Å². The van der Waals surface area contributed by atoms with Crippen LogP contribution in [0.2, 0.25) is 0 Å². The normalized spacial score (nSPS) is 8.10. The van der Waals surface area contributed by atoms with Crippen LogP contribution in [0.4, 0.5) is 0 Å². The van der Waals surface area contributed by atoms with Gasteiger partial charge in [-0.25, -0.2) is 0 Å². The van der Waals surface area contributed by atoms with Crippen molar-refractivity contribution in [2.45, 2.75) is 99.4 Å². The summed E-state index contributed by atoms with van der Waals surface area (Å²) in [6.07, 6.45) is 5.04. The summed E-state index contributed by atoms with van der Waals surface area (Å²) in [5.41, 5.74) is 0. The summed E-state index contributed by atoms with van der Waals surface area (Å²) < 4.78 is 0. The van der Waals surface area contributed by atoms with Crippen LogP contribution < -0.4 is 12.4 Å². The molecule has 128 valence electrons. The van der Waals surface area contributed by atoms with Crippen LogP contribution in [0.5, 0.6) is 0 Å². The van der Waals surface area contributed by atoms with Gasteiger partial charge in [-0.05, 0) is 41.5 Å². The van der Waals surface area contributed by atoms with Crippen molar-refractivity contribution in [3.8, 4) is 0 Å². The molecule has 3 nitrogen and oxygen atoms in total. The van der Waals surface area contributed by atoms with Crippen molar-refractivity contribution in [2.24, 2.45) is 0 Å². The fraction of sp³-hybridized carbons (Fsp3) is 1.00. The van der Waals surface area contributed by atoms with E-state index in [1.54, 1.807) is 41.5 Å². The molecule has 0 fully saturated rings. The van der Waals surface area contributed by atoms with E-state index in [0.29, 0.717) is 0 Å². The van der Waals surface area contributed by atoms with Crippen molar-refractivity contribution in [3.05, 3.63) is 0 Å². The van der Waals surface area contributed by atoms with E-state index in [0.717, 1.165) is 0 Å². The summed E-state index contributed by atoms with van der Waals surface area (Å²) in [5.74, 6) is 0. The zero-order valence-corrected chi connectivity index (χ0v) is 17.1. The number of hydrogen-bond acceptors (Lipinski definition) is 3. The third kappa shape index (κ3) is 400. The smallest absolute Gasteiger partial charge is 0.0483 e. The molecule has 0 unspecified atom stereocenters. The Morgan fingerprint density at radius 3 is 0.750 bits per heavy atom. The SMILES string of the molecule is CC(C)O.CC(C)O.CC(C)O.CCCCCC.[Cl-].[Ti]. The molecule has 20 heavy (non-hydrogen) atoms. The standard InChI is InChI=1S/C6H14.3C3H8O.ClH.Ti/c1-3-5-6-4-2;3*1-3(2)4;;/h3-6H2,1-2H3;3*3-4H,1-2H3;1H;/p-1. The zero-order valence-electron chi connectivity index (χ0n) is 14.8. The molecule has 0 aromatic carbocycles. The molecule has 0 spiro atoms. The Labute approximate surface area is 148 Å². The van der Waals surface area contributed by atoms with Gasteiger partial charge in [-0.3, -0.25) is 0 Å². The summed E-state index contributed by atoms with van der Waals surface area (Å²) >= 11 is 0. The van der Waals surface area contributed by atoms with Crippen LogP contribution in [-0.4, -0.2) is 33.6 Å². The van der Waals surface area contributed by atoms with Gasteiger partial charge in [-0.1, -0.05) is 39.5 Å². The summed E-state index contributed by atoms with van der Waals surface area (Å²) in [6, 6.07) is 0. The Bertz CT molecular complexity index is 86.8. The molecule has 0 aliphatic rings. The number of halogens is 1. The molecule has 0 rings (SSSR count). The Morgan fingerprint density at radius 2 is 0.700 bits per heavy atom. The topological polar surface area (TPSA) is 60.7 Å². The fourth-order valence-corrected chi connectivity index (χ4v) is 0.500. The van der Waals surface area contributed by atoms with Crippen molar-refractivity contribution in [1.29, 1.82) is 0 Å². The maximum atomic E-state index is 8.06. The van der Waals surface area contributed by atoms with Gasteiger partial charge in [-0.15, -0.1) is 0 Å². The first-order valence-electron chi connectivity index (χ1n) is 7.15. The Kier molecular flexibility index (Phi) is 68.6. The molecule has 5 heteroatoms. The largest absolute Gasteiger partial charge is 1.00 e. The molecule has 0 aliphatic heterocycles. The number of hydrogen-bond donors (Lipinski definition) is 3. The van der Waals surface area contributed by atoms with E-state index in [2.05, 4.69) is 13.8 Å². The fourth-order valence-electron chi connectivity index (χ4n) is 0.500. The quantitative estimate of drug-likeness (QED) is 0.520. The summed E-state index contributed by atoms with van der Waals surface area (Å²) in [4.78, 5) is 0. The maximum Gasteiger partial charge on any atom is 0.0483 e. The third-order valence-corrected chi connectivity index (χ3v) is 0.957. The summed E-state index contributed by atoms with van der Waals surface area (Å²) in [5, 5.41) is 24.2. The molecular formula is C15H38ClO3Ti-. The Morgan fingerprint density at radius 1 is 0.600 bits per heavy atom. The maximum absolute atomic E-state index is 8.06. The first-order chi connectivity index (χ1) is 8.11. The molecule has 0 bridgehead atoms. The average molecular weight is 350 g/mol. The van der Waals surface area contributed by atoms with Gasteiger partial charge in [0.15, 0.2) is 0 Å². The molecule has 0 aliphatic carbocycles. The van der Waals surface area contributed by atoms with Gasteiger partial charge >= 0.3 is 0 Å². The van der Waals surface area contributed by atoms with E-state index in [9.17, 15) is 0 Å². The molecule has 0 atom stereocenters. The van der Waals surface area contributed by atoms with Gasteiger partial charge in [-0.2, -0.15) is 0 Å². The van der Waals surface area contributed by atoms with E-state index in [-0.39, 0.29) is 52.4 Å². The van der Waals surface area contributed by atoms with Crippen LogP contribution in [0.3, 0.4) is 0 Å². The Hall–Kier alpha value is 0.884. The van der Waals surface area contributed by atoms with Crippen LogP contribution in [0.25, 0.3) is 0 Å². The zero-order chi connectivity index (χ0) is 15.6. The molecular weight excluding hydrogens is 311 g/mol. The second kappa shape index (κ2) is 36.8. The Balaban J connectivity index is -0.0000000322. The van der Waals surface area contributed by atoms with Crippen LogP contribution in [-0.2, 0) is 21.7 Å². The summed E-state index contributed by atoms with van der Waals surface area (Å²) in [7, 11) is 0. The van der Waals surface area contributed by atoms with Gasteiger partial charge < -0.3 is 27.7 Å². The van der Waals surface area contributed by atoms with Crippen LogP contribution in [0.15, 0.2) is 0 Å². The van der Waals surface area contributed by atoms with Crippen LogP contribution in [0, 0.1) is 0 Å². The van der Waals surface area contributed by atoms with E-state index in [4.69, 9.17) is 15.3 Å². The van der Waals surface area contributed by atoms with Gasteiger partial charge in [0.25, 0.3) is 0 Å². The minimum Gasteiger partial charge on any atom is -1.00 e. The second-order valence-corrected chi connectivity index (χ2v) is 4.99. The first kappa shape index (κ1) is 37.3. The molecule has 0 saturated carbocycles.